The summed E-state index contributed by atoms with van der Waals surface area (Å²) in [6.45, 7) is 6.44. The Kier molecular flexibility index (Phi) is 8.43. The van der Waals surface area contributed by atoms with Gasteiger partial charge in [-0.1, -0.05) is 25.1 Å². The lowest BCUT2D eigenvalue weighted by atomic mass is 10.0. The monoisotopic (exact) mass is 596 g/mol. The predicted molar refractivity (Wildman–Crippen MR) is 157 cm³/mol. The molecular formula is C29H32N4O6S2. The van der Waals surface area contributed by atoms with Crippen LogP contribution < -0.4 is 14.9 Å². The number of nitrogens with zero attached hydrogens (tertiary/aromatic N) is 2. The number of imide groups is 1. The second-order valence-corrected chi connectivity index (χ2v) is 12.8. The highest BCUT2D eigenvalue weighted by Crippen LogP contribution is 2.38. The summed E-state index contributed by atoms with van der Waals surface area (Å²) in [5.41, 5.74) is 2.96. The number of para-hydroxylation sites is 1. The van der Waals surface area contributed by atoms with Gasteiger partial charge in [0.25, 0.3) is 21.8 Å². The van der Waals surface area contributed by atoms with Crippen molar-refractivity contribution in [3.8, 4) is 0 Å². The number of sulfonamides is 1. The summed E-state index contributed by atoms with van der Waals surface area (Å²) in [7, 11) is -3.82. The van der Waals surface area contributed by atoms with Crippen LogP contribution in [0, 0.1) is 0 Å². The Labute approximate surface area is 243 Å². The molecule has 2 aromatic carbocycles. The van der Waals surface area contributed by atoms with Gasteiger partial charge in [-0.15, -0.1) is 11.3 Å². The van der Waals surface area contributed by atoms with E-state index in [1.54, 1.807) is 6.92 Å². The van der Waals surface area contributed by atoms with Gasteiger partial charge in [0, 0.05) is 30.1 Å². The van der Waals surface area contributed by atoms with Crippen LogP contribution in [0.25, 0.3) is 0 Å². The number of thiophene rings is 1. The van der Waals surface area contributed by atoms with Gasteiger partial charge in [-0.3, -0.25) is 24.1 Å². The average Bonchev–Trinajstić information content (AvgIpc) is 3.33. The Bertz CT molecular complexity index is 1580. The molecule has 2 N–H and O–H groups in total. The van der Waals surface area contributed by atoms with Crippen molar-refractivity contribution in [3.63, 3.8) is 0 Å². The number of hydrogen-bond donors (Lipinski definition) is 2. The number of amides is 3. The minimum Gasteiger partial charge on any atom is -0.450 e. The zero-order valence-corrected chi connectivity index (χ0v) is 24.6. The second-order valence-electron chi connectivity index (χ2n) is 9.79. The van der Waals surface area contributed by atoms with E-state index in [4.69, 9.17) is 4.74 Å². The van der Waals surface area contributed by atoms with Crippen LogP contribution in [0.15, 0.2) is 53.4 Å². The van der Waals surface area contributed by atoms with E-state index in [0.29, 0.717) is 30.2 Å². The van der Waals surface area contributed by atoms with Crippen LogP contribution in [0.1, 0.15) is 57.0 Å². The number of carbonyl (C=O) groups excluding carboxylic acids is 3. The first-order valence-corrected chi connectivity index (χ1v) is 15.9. The van der Waals surface area contributed by atoms with Gasteiger partial charge < -0.3 is 10.1 Å². The van der Waals surface area contributed by atoms with Crippen molar-refractivity contribution in [3.05, 3.63) is 75.7 Å². The van der Waals surface area contributed by atoms with E-state index < -0.39 is 27.9 Å². The number of hydrogen-bond acceptors (Lipinski definition) is 8. The van der Waals surface area contributed by atoms with Crippen molar-refractivity contribution in [1.29, 1.82) is 0 Å². The number of benzene rings is 2. The fraction of sp³-hybridized carbons (Fsp3) is 0.345. The van der Waals surface area contributed by atoms with E-state index in [-0.39, 0.29) is 22.6 Å². The first-order chi connectivity index (χ1) is 19.7. The summed E-state index contributed by atoms with van der Waals surface area (Å²) >= 11 is 1.30. The van der Waals surface area contributed by atoms with E-state index in [0.717, 1.165) is 41.9 Å². The molecule has 5 rings (SSSR count). The van der Waals surface area contributed by atoms with Gasteiger partial charge in [0.1, 0.15) is 5.00 Å². The molecule has 3 heterocycles. The molecule has 0 saturated carbocycles. The average molecular weight is 597 g/mol. The van der Waals surface area contributed by atoms with E-state index in [1.165, 1.54) is 39.9 Å². The molecule has 3 amide bonds. The van der Waals surface area contributed by atoms with Gasteiger partial charge in [0.05, 0.1) is 22.8 Å². The molecular weight excluding hydrogens is 564 g/mol. The van der Waals surface area contributed by atoms with Crippen LogP contribution in [0.2, 0.25) is 0 Å². The molecule has 41 heavy (non-hydrogen) atoms. The second kappa shape index (κ2) is 12.0. The molecule has 0 saturated heterocycles. The summed E-state index contributed by atoms with van der Waals surface area (Å²) in [5, 5.41) is 5.41. The number of carbonyl (C=O) groups is 3. The van der Waals surface area contributed by atoms with Crippen LogP contribution in [0.3, 0.4) is 0 Å². The van der Waals surface area contributed by atoms with E-state index in [1.807, 2.05) is 24.3 Å². The molecule has 0 bridgehead atoms. The summed E-state index contributed by atoms with van der Waals surface area (Å²) in [6, 6.07) is 13.2. The number of ether oxygens (including phenoxy) is 1. The molecule has 0 spiro atoms. The molecule has 0 aliphatic carbocycles. The zero-order valence-electron chi connectivity index (χ0n) is 22.9. The minimum absolute atomic E-state index is 0.0894. The molecule has 10 nitrogen and oxygen atoms in total. The number of alkyl carbamates (subject to hydrolysis) is 1. The lowest BCUT2D eigenvalue weighted by molar-refractivity contribution is 0.0924. The predicted octanol–water partition coefficient (Wildman–Crippen LogP) is 4.41. The number of likely N-dealkylation sites (N-methyl/N-ethyl adjacent to an activating group) is 1. The molecule has 216 valence electrons. The first-order valence-electron chi connectivity index (χ1n) is 13.6. The van der Waals surface area contributed by atoms with Crippen LogP contribution in [0.5, 0.6) is 0 Å². The third-order valence-corrected chi connectivity index (χ3v) is 10.3. The third-order valence-electron chi connectivity index (χ3n) is 7.30. The molecule has 0 atom stereocenters. The van der Waals surface area contributed by atoms with Crippen LogP contribution in [0.4, 0.5) is 15.5 Å². The largest absolute Gasteiger partial charge is 0.450 e. The van der Waals surface area contributed by atoms with Crippen molar-refractivity contribution >= 4 is 50.0 Å². The fourth-order valence-electron chi connectivity index (χ4n) is 5.21. The van der Waals surface area contributed by atoms with E-state index >= 15 is 0 Å². The third kappa shape index (κ3) is 5.85. The van der Waals surface area contributed by atoms with Crippen molar-refractivity contribution in [1.82, 2.24) is 10.2 Å². The molecule has 0 radical (unpaired) electrons. The molecule has 12 heteroatoms. The fourth-order valence-corrected chi connectivity index (χ4v) is 8.03. The van der Waals surface area contributed by atoms with Gasteiger partial charge in [-0.05, 0) is 74.2 Å². The maximum absolute atomic E-state index is 13.5. The Balaban J connectivity index is 1.38. The normalized spacial score (nSPS) is 15.0. The first kappa shape index (κ1) is 28.8. The summed E-state index contributed by atoms with van der Waals surface area (Å²) in [5.74, 6) is -1.13. The van der Waals surface area contributed by atoms with E-state index in [2.05, 4.69) is 22.5 Å². The van der Waals surface area contributed by atoms with Crippen LogP contribution in [-0.2, 0) is 34.1 Å². The topological polar surface area (TPSA) is 125 Å². The Morgan fingerprint density at radius 2 is 1.73 bits per heavy atom. The highest BCUT2D eigenvalue weighted by atomic mass is 32.2. The van der Waals surface area contributed by atoms with Crippen LogP contribution >= 0.6 is 11.3 Å². The maximum Gasteiger partial charge on any atom is 0.414 e. The lowest BCUT2D eigenvalue weighted by Gasteiger charge is -2.30. The minimum atomic E-state index is -3.82. The lowest BCUT2D eigenvalue weighted by Crippen LogP contribution is -2.35. The number of anilines is 2. The number of aryl methyl sites for hydroxylation is 1. The Morgan fingerprint density at radius 1 is 0.976 bits per heavy atom. The zero-order chi connectivity index (χ0) is 29.1. The highest BCUT2D eigenvalue weighted by Gasteiger charge is 2.31. The van der Waals surface area contributed by atoms with Crippen molar-refractivity contribution in [2.45, 2.75) is 44.6 Å². The van der Waals surface area contributed by atoms with Gasteiger partial charge in [0.15, 0.2) is 0 Å². The molecule has 3 aromatic rings. The summed E-state index contributed by atoms with van der Waals surface area (Å²) in [4.78, 5) is 41.6. The van der Waals surface area contributed by atoms with E-state index in [9.17, 15) is 22.8 Å². The SMILES string of the molecule is CCOC(=O)NC(=O)c1c(NC(=O)c2ccc(S(=O)(=O)N3CCCc4ccccc43)cc2)sc2c1CCN(CC)C2. The van der Waals surface area contributed by atoms with Gasteiger partial charge >= 0.3 is 6.09 Å². The molecule has 2 aliphatic rings. The smallest absolute Gasteiger partial charge is 0.414 e. The molecule has 0 fully saturated rings. The Hall–Kier alpha value is -3.74. The maximum atomic E-state index is 13.5. The van der Waals surface area contributed by atoms with Crippen molar-refractivity contribution < 1.29 is 27.5 Å². The highest BCUT2D eigenvalue weighted by molar-refractivity contribution is 7.92. The summed E-state index contributed by atoms with van der Waals surface area (Å²) in [6.07, 6.45) is 1.30. The van der Waals surface area contributed by atoms with Gasteiger partial charge in [0.2, 0.25) is 0 Å². The van der Waals surface area contributed by atoms with Gasteiger partial charge in [-0.25, -0.2) is 13.2 Å². The van der Waals surface area contributed by atoms with Crippen molar-refractivity contribution in [2.75, 3.05) is 35.9 Å². The Morgan fingerprint density at radius 3 is 2.46 bits per heavy atom. The quantitative estimate of drug-likeness (QED) is 0.414. The summed E-state index contributed by atoms with van der Waals surface area (Å²) < 4.78 is 33.2. The standard InChI is InChI=1S/C29H32N4O6S2/c1-3-32-17-15-22-24(18-32)40-28(25(22)27(35)31-29(36)39-4-2)30-26(34)20-11-13-21(14-12-20)41(37,38)33-16-7-9-19-8-5-6-10-23(19)33/h5-6,8,10-14H,3-4,7,9,15-18H2,1-2H3,(H,30,34)(H,31,35,36). The van der Waals surface area contributed by atoms with Crippen molar-refractivity contribution in [2.24, 2.45) is 0 Å². The van der Waals surface area contributed by atoms with Gasteiger partial charge in [-0.2, -0.15) is 0 Å². The number of fused-ring (bicyclic) bond motifs is 2. The number of rotatable bonds is 7. The van der Waals surface area contributed by atoms with Crippen LogP contribution in [-0.4, -0.2) is 57.5 Å². The molecule has 1 aromatic heterocycles. The number of nitrogens with one attached hydrogen (secondary N) is 2. The molecule has 2 aliphatic heterocycles. The molecule has 0 unspecified atom stereocenters.